The molecule has 2 fully saturated rings. The third-order valence-corrected chi connectivity index (χ3v) is 4.60. The van der Waals surface area contributed by atoms with Gasteiger partial charge in [0.2, 0.25) is 0 Å². The summed E-state index contributed by atoms with van der Waals surface area (Å²) in [5.41, 5.74) is 0.265. The van der Waals surface area contributed by atoms with E-state index in [2.05, 4.69) is 42.8 Å². The summed E-state index contributed by atoms with van der Waals surface area (Å²) in [5.74, 6) is 0.886. The third kappa shape index (κ3) is 3.69. The Morgan fingerprint density at radius 1 is 1.06 bits per heavy atom. The number of nitrogens with one attached hydrogen (secondary N) is 1. The lowest BCUT2D eigenvalue weighted by atomic mass is 9.77. The van der Waals surface area contributed by atoms with E-state index >= 15 is 0 Å². The quantitative estimate of drug-likeness (QED) is 0.824. The molecule has 2 aliphatic rings. The number of hydrogen-bond donors (Lipinski definition) is 1. The van der Waals surface area contributed by atoms with Crippen LogP contribution in [0.5, 0.6) is 0 Å². The van der Waals surface area contributed by atoms with Crippen LogP contribution in [0.15, 0.2) is 0 Å². The van der Waals surface area contributed by atoms with Gasteiger partial charge >= 0.3 is 0 Å². The molecule has 1 saturated carbocycles. The van der Waals surface area contributed by atoms with Crippen LogP contribution in [0.25, 0.3) is 0 Å². The van der Waals surface area contributed by atoms with Crippen LogP contribution in [0.2, 0.25) is 0 Å². The first-order valence-corrected chi connectivity index (χ1v) is 7.71. The van der Waals surface area contributed by atoms with Crippen molar-refractivity contribution in [3.63, 3.8) is 0 Å². The summed E-state index contributed by atoms with van der Waals surface area (Å²) in [6.07, 6.45) is 2.84. The summed E-state index contributed by atoms with van der Waals surface area (Å²) >= 11 is 0. The van der Waals surface area contributed by atoms with E-state index in [1.165, 1.54) is 52.1 Å². The fourth-order valence-electron chi connectivity index (χ4n) is 3.12. The van der Waals surface area contributed by atoms with Crippen molar-refractivity contribution in [2.45, 2.75) is 52.1 Å². The zero-order valence-electron chi connectivity index (χ0n) is 12.7. The molecule has 1 saturated heterocycles. The SMILES string of the molecule is CCN1CCN(C2CCC2CNC(C)(C)C)CC1. The van der Waals surface area contributed by atoms with Crippen LogP contribution in [0.1, 0.15) is 40.5 Å². The van der Waals surface area contributed by atoms with Crippen LogP contribution in [-0.2, 0) is 0 Å². The second-order valence-corrected chi connectivity index (χ2v) is 7.01. The lowest BCUT2D eigenvalue weighted by molar-refractivity contribution is 0.0203. The predicted octanol–water partition coefficient (Wildman–Crippen LogP) is 1.79. The van der Waals surface area contributed by atoms with E-state index in [1.807, 2.05) is 0 Å². The molecule has 3 nitrogen and oxygen atoms in total. The van der Waals surface area contributed by atoms with Gasteiger partial charge in [0.1, 0.15) is 0 Å². The first-order valence-electron chi connectivity index (χ1n) is 7.71. The number of rotatable bonds is 4. The number of hydrogen-bond acceptors (Lipinski definition) is 3. The van der Waals surface area contributed by atoms with E-state index in [4.69, 9.17) is 0 Å². The van der Waals surface area contributed by atoms with E-state index in [9.17, 15) is 0 Å². The molecule has 1 aliphatic heterocycles. The molecule has 1 heterocycles. The minimum Gasteiger partial charge on any atom is -0.312 e. The normalized spacial score (nSPS) is 31.3. The number of piperazine rings is 1. The van der Waals surface area contributed by atoms with E-state index < -0.39 is 0 Å². The summed E-state index contributed by atoms with van der Waals surface area (Å²) in [6, 6.07) is 0.860. The molecule has 106 valence electrons. The van der Waals surface area contributed by atoms with Gasteiger partial charge in [0, 0.05) is 37.8 Å². The number of nitrogens with zero attached hydrogens (tertiary/aromatic N) is 2. The molecule has 2 unspecified atom stereocenters. The molecule has 0 aromatic carbocycles. The van der Waals surface area contributed by atoms with Gasteiger partial charge in [-0.3, -0.25) is 4.90 Å². The van der Waals surface area contributed by atoms with Crippen molar-refractivity contribution in [3.05, 3.63) is 0 Å². The van der Waals surface area contributed by atoms with Gasteiger partial charge in [-0.05, 0) is 52.6 Å². The van der Waals surface area contributed by atoms with Gasteiger partial charge in [-0.25, -0.2) is 0 Å². The maximum atomic E-state index is 3.68. The highest BCUT2D eigenvalue weighted by molar-refractivity contribution is 4.92. The topological polar surface area (TPSA) is 18.5 Å². The van der Waals surface area contributed by atoms with Crippen molar-refractivity contribution >= 4 is 0 Å². The van der Waals surface area contributed by atoms with E-state index in [-0.39, 0.29) is 5.54 Å². The molecule has 0 bridgehead atoms. The Morgan fingerprint density at radius 3 is 2.17 bits per heavy atom. The monoisotopic (exact) mass is 253 g/mol. The summed E-state index contributed by atoms with van der Waals surface area (Å²) < 4.78 is 0. The lowest BCUT2D eigenvalue weighted by Crippen LogP contribution is -2.57. The Kier molecular flexibility index (Phi) is 4.68. The average molecular weight is 253 g/mol. The summed E-state index contributed by atoms with van der Waals surface area (Å²) in [5, 5.41) is 3.68. The van der Waals surface area contributed by atoms with Gasteiger partial charge in [0.15, 0.2) is 0 Å². The van der Waals surface area contributed by atoms with Crippen LogP contribution in [-0.4, -0.2) is 60.6 Å². The van der Waals surface area contributed by atoms with Crippen molar-refractivity contribution in [2.75, 3.05) is 39.3 Å². The molecule has 1 N–H and O–H groups in total. The lowest BCUT2D eigenvalue weighted by Gasteiger charge is -2.48. The first kappa shape index (κ1) is 14.3. The molecule has 18 heavy (non-hydrogen) atoms. The molecule has 0 amide bonds. The van der Waals surface area contributed by atoms with E-state index in [0.29, 0.717) is 0 Å². The van der Waals surface area contributed by atoms with Crippen molar-refractivity contribution in [3.8, 4) is 0 Å². The largest absolute Gasteiger partial charge is 0.312 e. The molecular formula is C15H31N3. The van der Waals surface area contributed by atoms with Crippen LogP contribution in [0.3, 0.4) is 0 Å². The Balaban J connectivity index is 1.73. The smallest absolute Gasteiger partial charge is 0.0137 e. The molecule has 0 radical (unpaired) electrons. The highest BCUT2D eigenvalue weighted by Gasteiger charge is 2.36. The van der Waals surface area contributed by atoms with E-state index in [0.717, 1.165) is 12.0 Å². The minimum atomic E-state index is 0.265. The fourth-order valence-corrected chi connectivity index (χ4v) is 3.12. The van der Waals surface area contributed by atoms with Gasteiger partial charge in [-0.2, -0.15) is 0 Å². The van der Waals surface area contributed by atoms with Gasteiger partial charge in [-0.15, -0.1) is 0 Å². The second-order valence-electron chi connectivity index (χ2n) is 7.01. The summed E-state index contributed by atoms with van der Waals surface area (Å²) in [6.45, 7) is 16.6. The molecule has 3 heteroatoms. The summed E-state index contributed by atoms with van der Waals surface area (Å²) in [7, 11) is 0. The van der Waals surface area contributed by atoms with Crippen molar-refractivity contribution in [1.29, 1.82) is 0 Å². The molecule has 2 atom stereocenters. The molecule has 0 aromatic heterocycles. The fraction of sp³-hybridized carbons (Fsp3) is 1.00. The zero-order chi connectivity index (χ0) is 13.2. The molecular weight excluding hydrogens is 222 g/mol. The van der Waals surface area contributed by atoms with Gasteiger partial charge in [0.05, 0.1) is 0 Å². The van der Waals surface area contributed by atoms with Gasteiger partial charge < -0.3 is 10.2 Å². The third-order valence-electron chi connectivity index (χ3n) is 4.60. The highest BCUT2D eigenvalue weighted by Crippen LogP contribution is 2.32. The second kappa shape index (κ2) is 5.89. The van der Waals surface area contributed by atoms with Crippen molar-refractivity contribution < 1.29 is 0 Å². The van der Waals surface area contributed by atoms with Gasteiger partial charge in [0.25, 0.3) is 0 Å². The highest BCUT2D eigenvalue weighted by atomic mass is 15.3. The van der Waals surface area contributed by atoms with Crippen LogP contribution < -0.4 is 5.32 Å². The Labute approximate surface area is 113 Å². The molecule has 0 aromatic rings. The average Bonchev–Trinajstić information content (AvgIpc) is 2.27. The molecule has 0 spiro atoms. The van der Waals surface area contributed by atoms with E-state index in [1.54, 1.807) is 0 Å². The Hall–Kier alpha value is -0.120. The van der Waals surface area contributed by atoms with Crippen molar-refractivity contribution in [1.82, 2.24) is 15.1 Å². The van der Waals surface area contributed by atoms with Crippen molar-refractivity contribution in [2.24, 2.45) is 5.92 Å². The van der Waals surface area contributed by atoms with Gasteiger partial charge in [-0.1, -0.05) is 6.92 Å². The minimum absolute atomic E-state index is 0.265. The first-order chi connectivity index (χ1) is 8.49. The number of likely N-dealkylation sites (N-methyl/N-ethyl adjacent to an activating group) is 1. The maximum absolute atomic E-state index is 3.68. The standard InChI is InChI=1S/C15H31N3/c1-5-17-8-10-18(11-9-17)14-7-6-13(14)12-16-15(2,3)4/h13-14,16H,5-12H2,1-4H3. The Bertz CT molecular complexity index is 251. The molecule has 2 rings (SSSR count). The molecule has 1 aliphatic carbocycles. The zero-order valence-corrected chi connectivity index (χ0v) is 12.7. The predicted molar refractivity (Wildman–Crippen MR) is 78.0 cm³/mol. The van der Waals surface area contributed by atoms with Crippen LogP contribution in [0.4, 0.5) is 0 Å². The summed E-state index contributed by atoms with van der Waals surface area (Å²) in [4.78, 5) is 5.31. The van der Waals surface area contributed by atoms with Crippen LogP contribution >= 0.6 is 0 Å². The Morgan fingerprint density at radius 2 is 1.72 bits per heavy atom. The maximum Gasteiger partial charge on any atom is 0.0137 e. The van der Waals surface area contributed by atoms with Crippen LogP contribution in [0, 0.1) is 5.92 Å².